The molecule has 1 aromatic rings. The van der Waals surface area contributed by atoms with E-state index in [1.165, 1.54) is 0 Å². The van der Waals surface area contributed by atoms with Crippen molar-refractivity contribution < 1.29 is 14.1 Å². The molecule has 0 aliphatic rings. The lowest BCUT2D eigenvalue weighted by atomic mass is 9.92. The van der Waals surface area contributed by atoms with Gasteiger partial charge in [-0.05, 0) is 6.07 Å². The van der Waals surface area contributed by atoms with Crippen molar-refractivity contribution in [3.63, 3.8) is 0 Å². The zero-order valence-electron chi connectivity index (χ0n) is 8.95. The number of hydrogen-bond donors (Lipinski definition) is 1. The molecule has 1 N–H and O–H groups in total. The SMILES string of the molecule is Bc1ccc(NOOSI)c(C(=O)CC)c1. The van der Waals surface area contributed by atoms with Crippen LogP contribution in [0.3, 0.4) is 0 Å². The third-order valence-electron chi connectivity index (χ3n) is 2.01. The van der Waals surface area contributed by atoms with E-state index < -0.39 is 0 Å². The summed E-state index contributed by atoms with van der Waals surface area (Å²) in [6.07, 6.45) is 0.458. The Morgan fingerprint density at radius 1 is 1.62 bits per heavy atom. The van der Waals surface area contributed by atoms with Gasteiger partial charge in [-0.2, -0.15) is 0 Å². The van der Waals surface area contributed by atoms with Crippen LogP contribution in [0, 0.1) is 0 Å². The van der Waals surface area contributed by atoms with Crippen molar-refractivity contribution >= 4 is 55.2 Å². The Balaban J connectivity index is 2.85. The highest BCUT2D eigenvalue weighted by Gasteiger charge is 2.10. The van der Waals surface area contributed by atoms with Crippen molar-refractivity contribution in [1.29, 1.82) is 0 Å². The molecule has 0 atom stereocenters. The number of nitrogens with one attached hydrogen (secondary N) is 1. The molecule has 0 heterocycles. The topological polar surface area (TPSA) is 47.6 Å². The molecule has 0 bridgehead atoms. The van der Waals surface area contributed by atoms with Crippen LogP contribution in [0.25, 0.3) is 0 Å². The molecule has 0 saturated heterocycles. The molecule has 16 heavy (non-hydrogen) atoms. The van der Waals surface area contributed by atoms with Gasteiger partial charge in [0, 0.05) is 33.2 Å². The predicted octanol–water partition coefficient (Wildman–Crippen LogP) is 1.81. The third-order valence-corrected chi connectivity index (χ3v) is 2.57. The van der Waals surface area contributed by atoms with Gasteiger partial charge < -0.3 is 0 Å². The normalized spacial score (nSPS) is 10.1. The maximum atomic E-state index is 11.7. The minimum absolute atomic E-state index is 0.0666. The second-order valence-corrected chi connectivity index (χ2v) is 4.48. The summed E-state index contributed by atoms with van der Waals surface area (Å²) in [5.74, 6) is 0.0666. The Morgan fingerprint density at radius 3 is 3.00 bits per heavy atom. The molecule has 0 amide bonds. The molecule has 0 unspecified atom stereocenters. The number of benzene rings is 1. The summed E-state index contributed by atoms with van der Waals surface area (Å²) in [4.78, 5) is 16.4. The van der Waals surface area contributed by atoms with Crippen LogP contribution < -0.4 is 10.9 Å². The number of anilines is 1. The zero-order valence-corrected chi connectivity index (χ0v) is 11.9. The lowest BCUT2D eigenvalue weighted by Gasteiger charge is -2.09. The number of carbonyl (C=O) groups is 1. The monoisotopic (exact) mass is 351 g/mol. The van der Waals surface area contributed by atoms with Gasteiger partial charge in [-0.25, -0.2) is 5.48 Å². The van der Waals surface area contributed by atoms with Crippen molar-refractivity contribution in [1.82, 2.24) is 0 Å². The van der Waals surface area contributed by atoms with Crippen molar-refractivity contribution in [3.05, 3.63) is 23.8 Å². The minimum atomic E-state index is 0.0666. The molecule has 1 aromatic carbocycles. The molecule has 7 heteroatoms. The van der Waals surface area contributed by atoms with Gasteiger partial charge in [0.1, 0.15) is 17.1 Å². The zero-order chi connectivity index (χ0) is 12.0. The van der Waals surface area contributed by atoms with E-state index in [1.807, 2.05) is 48.1 Å². The van der Waals surface area contributed by atoms with Crippen LogP contribution in [0.5, 0.6) is 0 Å². The standard InChI is InChI=1S/C9H11BINO3S/c1-2-9(13)7-5-6(10)3-4-8(7)12-14-15-16-11/h3-5,12H,2,10H2,1H3. The van der Waals surface area contributed by atoms with Crippen LogP contribution in [0.2, 0.25) is 0 Å². The Kier molecular flexibility index (Phi) is 6.18. The number of rotatable bonds is 6. The number of halogens is 1. The van der Waals surface area contributed by atoms with E-state index in [0.717, 1.165) is 14.7 Å². The molecule has 1 rings (SSSR count). The van der Waals surface area contributed by atoms with Gasteiger partial charge in [0.25, 0.3) is 0 Å². The summed E-state index contributed by atoms with van der Waals surface area (Å²) in [5.41, 5.74) is 4.85. The van der Waals surface area contributed by atoms with E-state index in [0.29, 0.717) is 17.7 Å². The Morgan fingerprint density at radius 2 is 2.38 bits per heavy atom. The fourth-order valence-corrected chi connectivity index (χ4v) is 1.52. The summed E-state index contributed by atoms with van der Waals surface area (Å²) >= 11 is 1.93. The molecule has 0 aromatic heterocycles. The Bertz CT molecular complexity index is 378. The highest BCUT2D eigenvalue weighted by Crippen LogP contribution is 2.18. The summed E-state index contributed by atoms with van der Waals surface area (Å²) in [5, 5.41) is 0. The second kappa shape index (κ2) is 7.15. The Hall–Kier alpha value is -0.245. The van der Waals surface area contributed by atoms with Gasteiger partial charge in [-0.3, -0.25) is 4.79 Å². The van der Waals surface area contributed by atoms with E-state index in [4.69, 9.17) is 4.99 Å². The molecule has 4 nitrogen and oxygen atoms in total. The molecule has 0 spiro atoms. The summed E-state index contributed by atoms with van der Waals surface area (Å²) < 4.78 is 4.62. The molecule has 0 aliphatic heterocycles. The van der Waals surface area contributed by atoms with Crippen molar-refractivity contribution in [2.75, 3.05) is 5.48 Å². The average molecular weight is 351 g/mol. The molecule has 0 saturated carbocycles. The molecule has 0 fully saturated rings. The highest BCUT2D eigenvalue weighted by molar-refractivity contribution is 14.2. The van der Waals surface area contributed by atoms with E-state index in [-0.39, 0.29) is 5.78 Å². The predicted molar refractivity (Wildman–Crippen MR) is 76.6 cm³/mol. The third kappa shape index (κ3) is 3.97. The lowest BCUT2D eigenvalue weighted by Crippen LogP contribution is -2.11. The fourth-order valence-electron chi connectivity index (χ4n) is 1.24. The van der Waals surface area contributed by atoms with E-state index in [1.54, 1.807) is 6.07 Å². The van der Waals surface area contributed by atoms with Gasteiger partial charge in [-0.1, -0.05) is 24.5 Å². The van der Waals surface area contributed by atoms with E-state index in [2.05, 4.69) is 9.81 Å². The minimum Gasteiger partial charge on any atom is -0.294 e. The highest BCUT2D eigenvalue weighted by atomic mass is 127. The van der Waals surface area contributed by atoms with E-state index in [9.17, 15) is 4.79 Å². The first-order valence-electron chi connectivity index (χ1n) is 4.69. The molecule has 0 radical (unpaired) electrons. The summed E-state index contributed by atoms with van der Waals surface area (Å²) in [7, 11) is 2.98. The largest absolute Gasteiger partial charge is 0.294 e. The van der Waals surface area contributed by atoms with Gasteiger partial charge in [-0.15, -0.1) is 9.32 Å². The number of Topliss-reactive ketones (excluding diaryl/α,β-unsaturated/α-hetero) is 1. The smallest absolute Gasteiger partial charge is 0.164 e. The van der Waals surface area contributed by atoms with Crippen LogP contribution in [0.4, 0.5) is 5.69 Å². The quantitative estimate of drug-likeness (QED) is 0.161. The molecular weight excluding hydrogens is 340 g/mol. The summed E-state index contributed by atoms with van der Waals surface area (Å²) in [6.45, 7) is 1.83. The van der Waals surface area contributed by atoms with Crippen LogP contribution in [-0.2, 0) is 9.32 Å². The first-order valence-corrected chi connectivity index (χ1v) is 7.98. The van der Waals surface area contributed by atoms with Crippen LogP contribution in [-0.4, -0.2) is 13.6 Å². The molecule has 0 aliphatic carbocycles. The second-order valence-electron chi connectivity index (χ2n) is 3.14. The van der Waals surface area contributed by atoms with Gasteiger partial charge >= 0.3 is 0 Å². The van der Waals surface area contributed by atoms with Gasteiger partial charge in [0.15, 0.2) is 5.78 Å². The summed E-state index contributed by atoms with van der Waals surface area (Å²) in [6, 6.07) is 5.52. The van der Waals surface area contributed by atoms with Crippen molar-refractivity contribution in [2.24, 2.45) is 0 Å². The molecule has 86 valence electrons. The first kappa shape index (κ1) is 13.8. The van der Waals surface area contributed by atoms with Crippen LogP contribution >= 0.6 is 30.4 Å². The van der Waals surface area contributed by atoms with Crippen molar-refractivity contribution in [3.8, 4) is 0 Å². The van der Waals surface area contributed by atoms with Crippen LogP contribution in [0.15, 0.2) is 18.2 Å². The molecular formula is C9H11BINO3S. The average Bonchev–Trinajstić information content (AvgIpc) is 2.30. The Labute approximate surface area is 112 Å². The fraction of sp³-hybridized carbons (Fsp3) is 0.222. The number of carbonyl (C=O) groups excluding carboxylic acids is 1. The lowest BCUT2D eigenvalue weighted by molar-refractivity contribution is -0.158. The number of hydrogen-bond acceptors (Lipinski definition) is 5. The number of ketones is 1. The van der Waals surface area contributed by atoms with Gasteiger partial charge in [0.05, 0.1) is 5.69 Å². The van der Waals surface area contributed by atoms with Crippen LogP contribution in [0.1, 0.15) is 23.7 Å². The van der Waals surface area contributed by atoms with Gasteiger partial charge in [0.2, 0.25) is 0 Å². The van der Waals surface area contributed by atoms with Crippen molar-refractivity contribution in [2.45, 2.75) is 13.3 Å². The van der Waals surface area contributed by atoms with E-state index >= 15 is 0 Å². The maximum absolute atomic E-state index is 11.7. The first-order chi connectivity index (χ1) is 7.69. The maximum Gasteiger partial charge on any atom is 0.164 e.